The lowest BCUT2D eigenvalue weighted by Gasteiger charge is -2.22. The van der Waals surface area contributed by atoms with Gasteiger partial charge in [-0.1, -0.05) is 39.0 Å². The predicted molar refractivity (Wildman–Crippen MR) is 91.4 cm³/mol. The van der Waals surface area contributed by atoms with Crippen molar-refractivity contribution in [1.29, 1.82) is 0 Å². The van der Waals surface area contributed by atoms with E-state index in [2.05, 4.69) is 34.3 Å². The first-order valence-corrected chi connectivity index (χ1v) is 7.52. The van der Waals surface area contributed by atoms with Crippen LogP contribution in [0.1, 0.15) is 27.7 Å². The number of anilines is 3. The molecule has 1 amide bonds. The third kappa shape index (κ3) is 3.85. The molecule has 0 fully saturated rings. The lowest BCUT2D eigenvalue weighted by Crippen LogP contribution is -2.27. The van der Waals surface area contributed by atoms with Crippen molar-refractivity contribution in [3.63, 3.8) is 0 Å². The normalized spacial score (nSPS) is 11.1. The first-order chi connectivity index (χ1) is 10.4. The second-order valence-electron chi connectivity index (χ2n) is 6.19. The van der Waals surface area contributed by atoms with Gasteiger partial charge in [-0.3, -0.25) is 4.79 Å². The first kappa shape index (κ1) is 16.0. The van der Waals surface area contributed by atoms with Crippen LogP contribution in [0, 0.1) is 5.41 Å². The number of aromatic nitrogens is 1. The highest BCUT2D eigenvalue weighted by molar-refractivity contribution is 5.94. The van der Waals surface area contributed by atoms with Crippen LogP contribution in [0.25, 0.3) is 0 Å². The van der Waals surface area contributed by atoms with Gasteiger partial charge >= 0.3 is 0 Å². The van der Waals surface area contributed by atoms with E-state index < -0.39 is 5.41 Å². The molecule has 0 saturated carbocycles. The minimum absolute atomic E-state index is 0.0162. The average Bonchev–Trinajstić information content (AvgIpc) is 2.50. The van der Waals surface area contributed by atoms with E-state index >= 15 is 0 Å². The van der Waals surface area contributed by atoms with Crippen molar-refractivity contribution >= 4 is 23.1 Å². The largest absolute Gasteiger partial charge is 0.327 e. The van der Waals surface area contributed by atoms with Crippen molar-refractivity contribution in [1.82, 2.24) is 4.98 Å². The molecule has 22 heavy (non-hydrogen) atoms. The third-order valence-corrected chi connectivity index (χ3v) is 3.35. The summed E-state index contributed by atoms with van der Waals surface area (Å²) in [5.74, 6) is 0.847. The SMILES string of the molecule is CCN(c1ccccc1)c1ccc(NC(=O)C(C)(C)C)cn1. The van der Waals surface area contributed by atoms with Crippen LogP contribution in [0.5, 0.6) is 0 Å². The number of para-hydroxylation sites is 1. The van der Waals surface area contributed by atoms with Crippen LogP contribution < -0.4 is 10.2 Å². The highest BCUT2D eigenvalue weighted by Gasteiger charge is 2.21. The maximum atomic E-state index is 12.0. The van der Waals surface area contributed by atoms with Crippen LogP contribution in [-0.2, 0) is 4.79 Å². The second kappa shape index (κ2) is 6.60. The monoisotopic (exact) mass is 297 g/mol. The zero-order chi connectivity index (χ0) is 16.2. The fourth-order valence-corrected chi connectivity index (χ4v) is 2.02. The molecular weight excluding hydrogens is 274 g/mol. The average molecular weight is 297 g/mol. The van der Waals surface area contributed by atoms with Crippen LogP contribution in [0.2, 0.25) is 0 Å². The van der Waals surface area contributed by atoms with E-state index in [1.165, 1.54) is 0 Å². The quantitative estimate of drug-likeness (QED) is 0.918. The highest BCUT2D eigenvalue weighted by atomic mass is 16.2. The topological polar surface area (TPSA) is 45.2 Å². The van der Waals surface area contributed by atoms with E-state index in [-0.39, 0.29) is 5.91 Å². The Hall–Kier alpha value is -2.36. The molecule has 2 aromatic rings. The summed E-state index contributed by atoms with van der Waals surface area (Å²) in [5.41, 5.74) is 1.40. The Labute approximate surface area is 132 Å². The smallest absolute Gasteiger partial charge is 0.229 e. The number of nitrogens with one attached hydrogen (secondary N) is 1. The second-order valence-corrected chi connectivity index (χ2v) is 6.19. The predicted octanol–water partition coefficient (Wildman–Crippen LogP) is 4.22. The molecule has 0 aliphatic carbocycles. The molecule has 1 heterocycles. The summed E-state index contributed by atoms with van der Waals surface area (Å²) in [7, 11) is 0. The van der Waals surface area contributed by atoms with Crippen molar-refractivity contribution in [3.8, 4) is 0 Å². The maximum absolute atomic E-state index is 12.0. The summed E-state index contributed by atoms with van der Waals surface area (Å²) in [4.78, 5) is 18.6. The molecule has 0 spiro atoms. The number of rotatable bonds is 4. The third-order valence-electron chi connectivity index (χ3n) is 3.35. The Kier molecular flexibility index (Phi) is 4.81. The Morgan fingerprint density at radius 1 is 1.14 bits per heavy atom. The summed E-state index contributed by atoms with van der Waals surface area (Å²) in [6, 6.07) is 13.9. The highest BCUT2D eigenvalue weighted by Crippen LogP contribution is 2.24. The van der Waals surface area contributed by atoms with E-state index in [1.54, 1.807) is 6.20 Å². The summed E-state index contributed by atoms with van der Waals surface area (Å²) < 4.78 is 0. The van der Waals surface area contributed by atoms with Crippen LogP contribution in [0.15, 0.2) is 48.7 Å². The van der Waals surface area contributed by atoms with Crippen molar-refractivity contribution in [2.75, 3.05) is 16.8 Å². The van der Waals surface area contributed by atoms with Crippen molar-refractivity contribution in [3.05, 3.63) is 48.7 Å². The van der Waals surface area contributed by atoms with Gasteiger partial charge in [-0.15, -0.1) is 0 Å². The molecule has 4 heteroatoms. The van der Waals surface area contributed by atoms with Gasteiger partial charge in [0.2, 0.25) is 5.91 Å². The summed E-state index contributed by atoms with van der Waals surface area (Å²) in [5, 5.41) is 2.89. The molecule has 0 bridgehead atoms. The van der Waals surface area contributed by atoms with Crippen molar-refractivity contribution in [2.45, 2.75) is 27.7 Å². The zero-order valence-corrected chi connectivity index (χ0v) is 13.6. The zero-order valence-electron chi connectivity index (χ0n) is 13.6. The van der Waals surface area contributed by atoms with Crippen LogP contribution in [-0.4, -0.2) is 17.4 Å². The van der Waals surface area contributed by atoms with Gasteiger partial charge in [0.15, 0.2) is 0 Å². The summed E-state index contributed by atoms with van der Waals surface area (Å²) in [6.45, 7) is 8.57. The van der Waals surface area contributed by atoms with Crippen LogP contribution >= 0.6 is 0 Å². The van der Waals surface area contributed by atoms with Gasteiger partial charge in [-0.25, -0.2) is 4.98 Å². The van der Waals surface area contributed by atoms with Crippen molar-refractivity contribution < 1.29 is 4.79 Å². The minimum atomic E-state index is -0.418. The molecular formula is C18H23N3O. The lowest BCUT2D eigenvalue weighted by molar-refractivity contribution is -0.123. The molecule has 1 N–H and O–H groups in total. The molecule has 0 unspecified atom stereocenters. The molecule has 1 aromatic carbocycles. The number of carbonyl (C=O) groups is 1. The first-order valence-electron chi connectivity index (χ1n) is 7.52. The number of hydrogen-bond donors (Lipinski definition) is 1. The van der Waals surface area contributed by atoms with Crippen LogP contribution in [0.3, 0.4) is 0 Å². The van der Waals surface area contributed by atoms with E-state index in [9.17, 15) is 4.79 Å². The maximum Gasteiger partial charge on any atom is 0.229 e. The summed E-state index contributed by atoms with van der Waals surface area (Å²) >= 11 is 0. The van der Waals surface area contributed by atoms with E-state index in [1.807, 2.05) is 51.1 Å². The molecule has 1 aromatic heterocycles. The van der Waals surface area contributed by atoms with E-state index in [0.717, 1.165) is 18.1 Å². The minimum Gasteiger partial charge on any atom is -0.327 e. The number of pyridine rings is 1. The molecule has 0 aliphatic heterocycles. The number of benzene rings is 1. The van der Waals surface area contributed by atoms with E-state index in [4.69, 9.17) is 0 Å². The number of amides is 1. The Bertz CT molecular complexity index is 615. The number of carbonyl (C=O) groups excluding carboxylic acids is 1. The van der Waals surface area contributed by atoms with Gasteiger partial charge < -0.3 is 10.2 Å². The Morgan fingerprint density at radius 3 is 2.32 bits per heavy atom. The van der Waals surface area contributed by atoms with E-state index in [0.29, 0.717) is 5.69 Å². The lowest BCUT2D eigenvalue weighted by atomic mass is 9.96. The molecule has 0 saturated heterocycles. The number of nitrogens with zero attached hydrogens (tertiary/aromatic N) is 2. The molecule has 0 radical (unpaired) electrons. The fourth-order valence-electron chi connectivity index (χ4n) is 2.02. The summed E-state index contributed by atoms with van der Waals surface area (Å²) in [6.07, 6.45) is 1.70. The number of hydrogen-bond acceptors (Lipinski definition) is 3. The van der Waals surface area contributed by atoms with Gasteiger partial charge in [-0.05, 0) is 31.2 Å². The Balaban J connectivity index is 2.16. The van der Waals surface area contributed by atoms with Gasteiger partial charge in [0.1, 0.15) is 5.82 Å². The van der Waals surface area contributed by atoms with Gasteiger partial charge in [0.05, 0.1) is 11.9 Å². The molecule has 0 aliphatic rings. The van der Waals surface area contributed by atoms with Gasteiger partial charge in [0, 0.05) is 17.6 Å². The molecule has 4 nitrogen and oxygen atoms in total. The standard InChI is InChI=1S/C18H23N3O/c1-5-21(15-9-7-6-8-10-15)16-12-11-14(13-19-16)20-17(22)18(2,3)4/h6-13H,5H2,1-4H3,(H,20,22). The molecule has 2 rings (SSSR count). The van der Waals surface area contributed by atoms with Crippen LogP contribution in [0.4, 0.5) is 17.2 Å². The van der Waals surface area contributed by atoms with Crippen molar-refractivity contribution in [2.24, 2.45) is 5.41 Å². The fraction of sp³-hybridized carbons (Fsp3) is 0.333. The van der Waals surface area contributed by atoms with Gasteiger partial charge in [0.25, 0.3) is 0 Å². The Morgan fingerprint density at radius 2 is 1.82 bits per heavy atom. The molecule has 116 valence electrons. The van der Waals surface area contributed by atoms with Gasteiger partial charge in [-0.2, -0.15) is 0 Å². The molecule has 0 atom stereocenters.